The molecule has 0 bridgehead atoms. The molecule has 0 radical (unpaired) electrons. The Morgan fingerprint density at radius 3 is 2.37 bits per heavy atom. The molecule has 5 nitrogen and oxygen atoms in total. The van der Waals surface area contributed by atoms with E-state index in [-0.39, 0.29) is 29.8 Å². The number of pyridine rings is 1. The fourth-order valence-corrected chi connectivity index (χ4v) is 3.70. The Morgan fingerprint density at radius 2 is 1.74 bits per heavy atom. The molecule has 6 heteroatoms. The predicted octanol–water partition coefficient (Wildman–Crippen LogP) is 3.63. The van der Waals surface area contributed by atoms with Crippen molar-refractivity contribution in [3.8, 4) is 11.1 Å². The lowest BCUT2D eigenvalue weighted by atomic mass is 9.84. The summed E-state index contributed by atoms with van der Waals surface area (Å²) >= 11 is 0. The maximum absolute atomic E-state index is 12.4. The number of carbonyl (C=O) groups is 1. The van der Waals surface area contributed by atoms with Crippen LogP contribution in [0.1, 0.15) is 37.8 Å². The van der Waals surface area contributed by atoms with Gasteiger partial charge in [-0.15, -0.1) is 12.4 Å². The standard InChI is InChI=1S/C21H27N3O2.ClH/c1-14-18(12-13-19(25)24(14)2)15-8-10-17(11-9-15)23-21(26)20(22)16-6-4-3-5-7-16;/h8-13,16,20H,3-7,22H2,1-2H3,(H,23,26);1H/t20-;/m0./s1. The zero-order valence-corrected chi connectivity index (χ0v) is 16.7. The van der Waals surface area contributed by atoms with Crippen LogP contribution in [0.2, 0.25) is 0 Å². The van der Waals surface area contributed by atoms with E-state index >= 15 is 0 Å². The number of aromatic nitrogens is 1. The van der Waals surface area contributed by atoms with Crippen LogP contribution in [0.5, 0.6) is 0 Å². The molecule has 1 aromatic heterocycles. The van der Waals surface area contributed by atoms with E-state index < -0.39 is 6.04 Å². The van der Waals surface area contributed by atoms with Crippen molar-refractivity contribution in [2.75, 3.05) is 5.32 Å². The molecule has 3 rings (SSSR count). The van der Waals surface area contributed by atoms with E-state index in [1.807, 2.05) is 37.3 Å². The zero-order chi connectivity index (χ0) is 18.7. The third kappa shape index (κ3) is 4.79. The Bertz CT molecular complexity index is 839. The number of nitrogens with zero attached hydrogens (tertiary/aromatic N) is 1. The third-order valence-electron chi connectivity index (χ3n) is 5.54. The molecular formula is C21H28ClN3O2. The number of anilines is 1. The maximum Gasteiger partial charge on any atom is 0.250 e. The second kappa shape index (κ2) is 9.20. The highest BCUT2D eigenvalue weighted by molar-refractivity contribution is 5.95. The van der Waals surface area contributed by atoms with Crippen molar-refractivity contribution in [3.05, 3.63) is 52.4 Å². The molecule has 0 saturated heterocycles. The summed E-state index contributed by atoms with van der Waals surface area (Å²) in [5.41, 5.74) is 9.81. The van der Waals surface area contributed by atoms with Gasteiger partial charge in [-0.05, 0) is 49.4 Å². The van der Waals surface area contributed by atoms with Crippen LogP contribution in [0.4, 0.5) is 5.69 Å². The fraction of sp³-hybridized carbons (Fsp3) is 0.429. The van der Waals surface area contributed by atoms with Crippen molar-refractivity contribution >= 4 is 24.0 Å². The third-order valence-corrected chi connectivity index (χ3v) is 5.54. The van der Waals surface area contributed by atoms with Crippen LogP contribution in [-0.2, 0) is 11.8 Å². The maximum atomic E-state index is 12.4. The van der Waals surface area contributed by atoms with Gasteiger partial charge in [0.15, 0.2) is 0 Å². The summed E-state index contributed by atoms with van der Waals surface area (Å²) < 4.78 is 1.63. The number of hydrogen-bond donors (Lipinski definition) is 2. The molecule has 0 unspecified atom stereocenters. The van der Waals surface area contributed by atoms with Crippen LogP contribution in [0.3, 0.4) is 0 Å². The van der Waals surface area contributed by atoms with Crippen LogP contribution in [0.25, 0.3) is 11.1 Å². The number of carbonyl (C=O) groups excluding carboxylic acids is 1. The molecule has 1 aliphatic rings. The van der Waals surface area contributed by atoms with Gasteiger partial charge in [-0.3, -0.25) is 9.59 Å². The number of halogens is 1. The molecule has 3 N–H and O–H groups in total. The van der Waals surface area contributed by atoms with Crippen molar-refractivity contribution in [1.82, 2.24) is 4.57 Å². The highest BCUT2D eigenvalue weighted by Crippen LogP contribution is 2.27. The molecule has 0 spiro atoms. The summed E-state index contributed by atoms with van der Waals surface area (Å²) in [5, 5.41) is 2.93. The molecule has 1 amide bonds. The molecule has 2 aromatic rings. The van der Waals surface area contributed by atoms with Crippen LogP contribution in [0, 0.1) is 12.8 Å². The summed E-state index contributed by atoms with van der Waals surface area (Å²) in [5.74, 6) is 0.180. The van der Waals surface area contributed by atoms with E-state index in [4.69, 9.17) is 5.73 Å². The molecule has 1 aliphatic carbocycles. The highest BCUT2D eigenvalue weighted by Gasteiger charge is 2.26. The first kappa shape index (κ1) is 21.2. The number of nitrogens with one attached hydrogen (secondary N) is 1. The minimum absolute atomic E-state index is 0. The topological polar surface area (TPSA) is 77.1 Å². The van der Waals surface area contributed by atoms with Crippen molar-refractivity contribution in [3.63, 3.8) is 0 Å². The van der Waals surface area contributed by atoms with Crippen molar-refractivity contribution in [2.45, 2.75) is 45.1 Å². The lowest BCUT2D eigenvalue weighted by Gasteiger charge is -2.26. The SMILES string of the molecule is Cc1c(-c2ccc(NC(=O)[C@@H](N)C3CCCCC3)cc2)ccc(=O)n1C.Cl. The lowest BCUT2D eigenvalue weighted by molar-refractivity contribution is -0.118. The normalized spacial score (nSPS) is 15.7. The smallest absolute Gasteiger partial charge is 0.250 e. The van der Waals surface area contributed by atoms with E-state index in [9.17, 15) is 9.59 Å². The Balaban J connectivity index is 0.00000261. The first-order valence-corrected chi connectivity index (χ1v) is 9.31. The van der Waals surface area contributed by atoms with Gasteiger partial charge in [0.25, 0.3) is 0 Å². The fourth-order valence-electron chi connectivity index (χ4n) is 3.70. The molecule has 1 saturated carbocycles. The van der Waals surface area contributed by atoms with Gasteiger partial charge in [-0.25, -0.2) is 0 Å². The summed E-state index contributed by atoms with van der Waals surface area (Å²) in [7, 11) is 1.77. The molecular weight excluding hydrogens is 362 g/mol. The van der Waals surface area contributed by atoms with Crippen molar-refractivity contribution < 1.29 is 4.79 Å². The first-order valence-electron chi connectivity index (χ1n) is 9.31. The van der Waals surface area contributed by atoms with Crippen LogP contribution in [0.15, 0.2) is 41.2 Å². The second-order valence-corrected chi connectivity index (χ2v) is 7.22. The summed E-state index contributed by atoms with van der Waals surface area (Å²) in [6.07, 6.45) is 5.66. The monoisotopic (exact) mass is 389 g/mol. The van der Waals surface area contributed by atoms with Gasteiger partial charge in [-0.1, -0.05) is 31.4 Å². The van der Waals surface area contributed by atoms with E-state index in [1.54, 1.807) is 17.7 Å². The van der Waals surface area contributed by atoms with Gasteiger partial charge in [0, 0.05) is 30.1 Å². The van der Waals surface area contributed by atoms with E-state index in [0.29, 0.717) is 0 Å². The molecule has 0 aliphatic heterocycles. The lowest BCUT2D eigenvalue weighted by Crippen LogP contribution is -2.42. The number of nitrogens with two attached hydrogens (primary N) is 1. The largest absolute Gasteiger partial charge is 0.325 e. The average molecular weight is 390 g/mol. The average Bonchev–Trinajstić information content (AvgIpc) is 2.67. The Kier molecular flexibility index (Phi) is 7.22. The van der Waals surface area contributed by atoms with E-state index in [0.717, 1.165) is 35.3 Å². The molecule has 1 aromatic carbocycles. The highest BCUT2D eigenvalue weighted by atomic mass is 35.5. The van der Waals surface area contributed by atoms with E-state index in [2.05, 4.69) is 5.32 Å². The van der Waals surface area contributed by atoms with Crippen LogP contribution in [-0.4, -0.2) is 16.5 Å². The second-order valence-electron chi connectivity index (χ2n) is 7.22. The minimum Gasteiger partial charge on any atom is -0.325 e. The molecule has 1 fully saturated rings. The summed E-state index contributed by atoms with van der Waals surface area (Å²) in [6, 6.07) is 10.6. The van der Waals surface area contributed by atoms with Crippen LogP contribution < -0.4 is 16.6 Å². The van der Waals surface area contributed by atoms with Crippen molar-refractivity contribution in [1.29, 1.82) is 0 Å². The van der Waals surface area contributed by atoms with Gasteiger partial charge in [-0.2, -0.15) is 0 Å². The first-order chi connectivity index (χ1) is 12.5. The molecule has 27 heavy (non-hydrogen) atoms. The Hall–Kier alpha value is -2.11. The van der Waals surface area contributed by atoms with Gasteiger partial charge >= 0.3 is 0 Å². The van der Waals surface area contributed by atoms with Crippen LogP contribution >= 0.6 is 12.4 Å². The van der Waals surface area contributed by atoms with Crippen molar-refractivity contribution in [2.24, 2.45) is 18.7 Å². The molecule has 1 atom stereocenters. The molecule has 146 valence electrons. The number of amides is 1. The van der Waals surface area contributed by atoms with Gasteiger partial charge in [0.05, 0.1) is 6.04 Å². The van der Waals surface area contributed by atoms with E-state index in [1.165, 1.54) is 19.3 Å². The summed E-state index contributed by atoms with van der Waals surface area (Å²) in [6.45, 7) is 1.93. The summed E-state index contributed by atoms with van der Waals surface area (Å²) in [4.78, 5) is 24.1. The number of rotatable bonds is 4. The quantitative estimate of drug-likeness (QED) is 0.838. The Labute approximate surface area is 166 Å². The minimum atomic E-state index is -0.444. The Morgan fingerprint density at radius 1 is 1.11 bits per heavy atom. The molecule has 1 heterocycles. The number of benzene rings is 1. The predicted molar refractivity (Wildman–Crippen MR) is 112 cm³/mol. The zero-order valence-electron chi connectivity index (χ0n) is 15.9. The number of hydrogen-bond acceptors (Lipinski definition) is 3. The van der Waals surface area contributed by atoms with Gasteiger partial charge < -0.3 is 15.6 Å². The van der Waals surface area contributed by atoms with Gasteiger partial charge in [0.2, 0.25) is 11.5 Å². The van der Waals surface area contributed by atoms with Gasteiger partial charge in [0.1, 0.15) is 0 Å².